The predicted octanol–water partition coefficient (Wildman–Crippen LogP) is 4.02. The summed E-state index contributed by atoms with van der Waals surface area (Å²) in [6.45, 7) is 4.24. The zero-order valence-corrected chi connectivity index (χ0v) is 10.6. The molecule has 1 unspecified atom stereocenters. The highest BCUT2D eigenvalue weighted by molar-refractivity contribution is 5.84. The molecule has 0 aliphatic heterocycles. The zero-order chi connectivity index (χ0) is 12.5. The van der Waals surface area contributed by atoms with Crippen molar-refractivity contribution in [3.05, 3.63) is 65.6 Å². The van der Waals surface area contributed by atoms with Gasteiger partial charge in [-0.1, -0.05) is 31.2 Å². The molecule has 0 spiro atoms. The number of nitrogens with zero attached hydrogens (tertiary/aromatic N) is 1. The third-order valence-electron chi connectivity index (χ3n) is 3.52. The van der Waals surface area contributed by atoms with Gasteiger partial charge in [-0.3, -0.25) is 4.98 Å². The van der Waals surface area contributed by atoms with Crippen molar-refractivity contribution >= 4 is 10.9 Å². The Balaban J connectivity index is 2.06. The number of para-hydroxylation sites is 1. The van der Waals surface area contributed by atoms with Crippen LogP contribution in [0, 0.1) is 6.92 Å². The van der Waals surface area contributed by atoms with Gasteiger partial charge in [-0.15, -0.1) is 0 Å². The number of aromatic nitrogens is 2. The van der Waals surface area contributed by atoms with Gasteiger partial charge in [-0.2, -0.15) is 0 Å². The van der Waals surface area contributed by atoms with Gasteiger partial charge < -0.3 is 4.98 Å². The number of H-pyrrole nitrogens is 1. The number of fused-ring (bicyclic) bond motifs is 1. The fourth-order valence-corrected chi connectivity index (χ4v) is 2.37. The van der Waals surface area contributed by atoms with E-state index in [9.17, 15) is 0 Å². The van der Waals surface area contributed by atoms with Crippen LogP contribution in [0.3, 0.4) is 0 Å². The minimum Gasteiger partial charge on any atom is -0.361 e. The lowest BCUT2D eigenvalue weighted by Crippen LogP contribution is -1.96. The van der Waals surface area contributed by atoms with Crippen LogP contribution in [-0.2, 0) is 0 Å². The van der Waals surface area contributed by atoms with Crippen LogP contribution in [0.2, 0.25) is 0 Å². The lowest BCUT2D eigenvalue weighted by atomic mass is 9.94. The average Bonchev–Trinajstić information content (AvgIpc) is 2.82. The highest BCUT2D eigenvalue weighted by Gasteiger charge is 2.13. The number of nitrogens with one attached hydrogen (secondary N) is 1. The van der Waals surface area contributed by atoms with Gasteiger partial charge in [-0.25, -0.2) is 0 Å². The van der Waals surface area contributed by atoms with Gasteiger partial charge in [0, 0.05) is 34.9 Å². The number of hydrogen-bond acceptors (Lipinski definition) is 1. The van der Waals surface area contributed by atoms with Gasteiger partial charge in [0.15, 0.2) is 0 Å². The number of rotatable bonds is 2. The second kappa shape index (κ2) is 4.30. The van der Waals surface area contributed by atoms with Crippen molar-refractivity contribution in [2.75, 3.05) is 0 Å². The molecule has 0 fully saturated rings. The fourth-order valence-electron chi connectivity index (χ4n) is 2.37. The normalized spacial score (nSPS) is 12.8. The summed E-state index contributed by atoms with van der Waals surface area (Å²) in [6, 6.07) is 12.6. The number of aromatic amines is 1. The predicted molar refractivity (Wildman–Crippen MR) is 74.8 cm³/mol. The molecule has 0 amide bonds. The van der Waals surface area contributed by atoms with E-state index in [0.717, 1.165) is 5.69 Å². The fraction of sp³-hybridized carbons (Fsp3) is 0.188. The monoisotopic (exact) mass is 236 g/mol. The molecule has 0 radical (unpaired) electrons. The second-order valence-corrected chi connectivity index (χ2v) is 4.74. The summed E-state index contributed by atoms with van der Waals surface area (Å²) in [4.78, 5) is 7.71. The molecule has 0 aliphatic carbocycles. The molecular weight excluding hydrogens is 220 g/mol. The molecule has 0 saturated heterocycles. The van der Waals surface area contributed by atoms with Gasteiger partial charge in [0.2, 0.25) is 0 Å². The topological polar surface area (TPSA) is 28.7 Å². The minimum absolute atomic E-state index is 0.356. The van der Waals surface area contributed by atoms with Crippen molar-refractivity contribution in [1.82, 2.24) is 9.97 Å². The Morgan fingerprint density at radius 1 is 1.11 bits per heavy atom. The van der Waals surface area contributed by atoms with Crippen LogP contribution < -0.4 is 0 Å². The molecule has 90 valence electrons. The molecule has 0 aliphatic rings. The maximum absolute atomic E-state index is 4.38. The van der Waals surface area contributed by atoms with Crippen molar-refractivity contribution in [2.45, 2.75) is 19.8 Å². The van der Waals surface area contributed by atoms with Gasteiger partial charge >= 0.3 is 0 Å². The van der Waals surface area contributed by atoms with Crippen LogP contribution in [-0.4, -0.2) is 9.97 Å². The number of pyridine rings is 1. The molecule has 2 nitrogen and oxygen atoms in total. The van der Waals surface area contributed by atoms with E-state index in [0.29, 0.717) is 5.92 Å². The summed E-state index contributed by atoms with van der Waals surface area (Å²) >= 11 is 0. The van der Waals surface area contributed by atoms with Crippen molar-refractivity contribution in [3.63, 3.8) is 0 Å². The standard InChI is InChI=1S/C16H16N2/c1-11-7-8-13(9-17-11)12(2)15-10-18-16-6-4-3-5-14(15)16/h3-10,12,18H,1-2H3. The Kier molecular flexibility index (Phi) is 2.63. The van der Waals surface area contributed by atoms with Crippen LogP contribution in [0.15, 0.2) is 48.8 Å². The Hall–Kier alpha value is -2.09. The molecule has 3 aromatic rings. The SMILES string of the molecule is Cc1ccc(C(C)c2c[nH]c3ccccc23)cn1. The van der Waals surface area contributed by atoms with E-state index in [1.165, 1.54) is 22.0 Å². The summed E-state index contributed by atoms with van der Waals surface area (Å²) in [6.07, 6.45) is 4.08. The first kappa shape index (κ1) is 11.0. The van der Waals surface area contributed by atoms with Crippen LogP contribution in [0.25, 0.3) is 10.9 Å². The van der Waals surface area contributed by atoms with Crippen molar-refractivity contribution in [2.24, 2.45) is 0 Å². The molecule has 3 rings (SSSR count). The molecule has 1 aromatic carbocycles. The van der Waals surface area contributed by atoms with E-state index >= 15 is 0 Å². The largest absolute Gasteiger partial charge is 0.361 e. The van der Waals surface area contributed by atoms with Crippen molar-refractivity contribution < 1.29 is 0 Å². The summed E-state index contributed by atoms with van der Waals surface area (Å²) in [5.74, 6) is 0.356. The molecule has 2 aromatic heterocycles. The highest BCUT2D eigenvalue weighted by atomic mass is 14.7. The molecule has 2 heteroatoms. The van der Waals surface area contributed by atoms with E-state index in [1.807, 2.05) is 13.1 Å². The van der Waals surface area contributed by atoms with Crippen molar-refractivity contribution in [3.8, 4) is 0 Å². The van der Waals surface area contributed by atoms with Gasteiger partial charge in [-0.05, 0) is 30.2 Å². The third-order valence-corrected chi connectivity index (χ3v) is 3.52. The maximum atomic E-state index is 4.38. The first-order chi connectivity index (χ1) is 8.75. The van der Waals surface area contributed by atoms with E-state index in [1.54, 1.807) is 0 Å². The van der Waals surface area contributed by atoms with Crippen LogP contribution in [0.1, 0.15) is 29.7 Å². The summed E-state index contributed by atoms with van der Waals surface area (Å²) in [5.41, 5.74) is 4.84. The summed E-state index contributed by atoms with van der Waals surface area (Å²) < 4.78 is 0. The highest BCUT2D eigenvalue weighted by Crippen LogP contribution is 2.29. The molecule has 2 heterocycles. The van der Waals surface area contributed by atoms with Gasteiger partial charge in [0.1, 0.15) is 0 Å². The zero-order valence-electron chi connectivity index (χ0n) is 10.6. The first-order valence-corrected chi connectivity index (χ1v) is 6.24. The average molecular weight is 236 g/mol. The Bertz CT molecular complexity index is 665. The number of benzene rings is 1. The Morgan fingerprint density at radius 3 is 2.72 bits per heavy atom. The van der Waals surface area contributed by atoms with Crippen LogP contribution in [0.4, 0.5) is 0 Å². The van der Waals surface area contributed by atoms with E-state index in [4.69, 9.17) is 0 Å². The third kappa shape index (κ3) is 1.80. The minimum atomic E-state index is 0.356. The number of hydrogen-bond donors (Lipinski definition) is 1. The second-order valence-electron chi connectivity index (χ2n) is 4.74. The molecule has 18 heavy (non-hydrogen) atoms. The number of aryl methyl sites for hydroxylation is 1. The van der Waals surface area contributed by atoms with Crippen LogP contribution in [0.5, 0.6) is 0 Å². The first-order valence-electron chi connectivity index (χ1n) is 6.24. The lowest BCUT2D eigenvalue weighted by Gasteiger charge is -2.10. The van der Waals surface area contributed by atoms with Crippen LogP contribution >= 0.6 is 0 Å². The smallest absolute Gasteiger partial charge is 0.0457 e. The van der Waals surface area contributed by atoms with Gasteiger partial charge in [0.25, 0.3) is 0 Å². The quantitative estimate of drug-likeness (QED) is 0.715. The van der Waals surface area contributed by atoms with E-state index in [2.05, 4.69) is 59.5 Å². The summed E-state index contributed by atoms with van der Waals surface area (Å²) in [5, 5.41) is 1.30. The molecular formula is C16H16N2. The van der Waals surface area contributed by atoms with Gasteiger partial charge in [0.05, 0.1) is 0 Å². The molecule has 1 N–H and O–H groups in total. The Labute approximate surface area is 107 Å². The maximum Gasteiger partial charge on any atom is 0.0457 e. The van der Waals surface area contributed by atoms with E-state index < -0.39 is 0 Å². The molecule has 1 atom stereocenters. The molecule has 0 saturated carbocycles. The Morgan fingerprint density at radius 2 is 1.94 bits per heavy atom. The van der Waals surface area contributed by atoms with Crippen molar-refractivity contribution in [1.29, 1.82) is 0 Å². The summed E-state index contributed by atoms with van der Waals surface area (Å²) in [7, 11) is 0. The molecule has 0 bridgehead atoms. The lowest BCUT2D eigenvalue weighted by molar-refractivity contribution is 0.916. The van der Waals surface area contributed by atoms with E-state index in [-0.39, 0.29) is 0 Å².